The molecule has 0 saturated heterocycles. The van der Waals surface area contributed by atoms with Crippen molar-refractivity contribution < 1.29 is 18.0 Å². The molecule has 0 atom stereocenters. The summed E-state index contributed by atoms with van der Waals surface area (Å²) in [5.41, 5.74) is -0.674. The predicted molar refractivity (Wildman–Crippen MR) is 80.5 cm³/mol. The van der Waals surface area contributed by atoms with Gasteiger partial charge in [-0.2, -0.15) is 13.2 Å². The molecule has 0 fully saturated rings. The lowest BCUT2D eigenvalue weighted by atomic mass is 10.1. The number of halogens is 3. The minimum atomic E-state index is -4.55. The molecule has 0 N–H and O–H groups in total. The first-order valence-corrected chi connectivity index (χ1v) is 6.38. The van der Waals surface area contributed by atoms with E-state index in [0.29, 0.717) is 5.56 Å². The normalized spacial score (nSPS) is 11.6. The fourth-order valence-corrected chi connectivity index (χ4v) is 1.80. The summed E-state index contributed by atoms with van der Waals surface area (Å²) < 4.78 is 38.3. The van der Waals surface area contributed by atoms with Crippen LogP contribution in [0.4, 0.5) is 18.9 Å². The zero-order valence-corrected chi connectivity index (χ0v) is 11.5. The molecule has 112 valence electrons. The minimum Gasteiger partial charge on any atom is -0.288 e. The van der Waals surface area contributed by atoms with E-state index >= 15 is 0 Å². The Hall–Kier alpha value is -2.69. The molecule has 5 heteroatoms. The molecule has 0 aliphatic carbocycles. The van der Waals surface area contributed by atoms with E-state index in [1.54, 1.807) is 36.4 Å². The van der Waals surface area contributed by atoms with Crippen LogP contribution in [0.15, 0.2) is 66.2 Å². The Labute approximate surface area is 125 Å². The van der Waals surface area contributed by atoms with E-state index in [4.69, 9.17) is 0 Å². The smallest absolute Gasteiger partial charge is 0.288 e. The maximum absolute atomic E-state index is 12.8. The summed E-state index contributed by atoms with van der Waals surface area (Å²) in [6, 6.07) is 14.1. The minimum absolute atomic E-state index is 0.0501. The fraction of sp³-hybridized carbons (Fsp3) is 0.0588. The Morgan fingerprint density at radius 2 is 1.59 bits per heavy atom. The Morgan fingerprint density at radius 3 is 2.23 bits per heavy atom. The molecule has 0 unspecified atom stereocenters. The summed E-state index contributed by atoms with van der Waals surface area (Å²) in [7, 11) is 0. The summed E-state index contributed by atoms with van der Waals surface area (Å²) in [5.74, 6) is -0.381. The average molecular weight is 303 g/mol. The van der Waals surface area contributed by atoms with Crippen molar-refractivity contribution in [3.05, 3.63) is 72.3 Å². The van der Waals surface area contributed by atoms with Gasteiger partial charge in [0.05, 0.1) is 17.5 Å². The summed E-state index contributed by atoms with van der Waals surface area (Å²) in [6.45, 7) is 3.06. The van der Waals surface area contributed by atoms with E-state index in [1.807, 2.05) is 0 Å². The second-order valence-electron chi connectivity index (χ2n) is 4.48. The number of benzene rings is 2. The molecule has 0 aliphatic rings. The lowest BCUT2D eigenvalue weighted by molar-refractivity contribution is -0.0686. The maximum Gasteiger partial charge on any atom is 0.416 e. The van der Waals surface area contributed by atoms with E-state index in [-0.39, 0.29) is 17.0 Å². The highest BCUT2D eigenvalue weighted by Crippen LogP contribution is 2.36. The molecule has 2 aromatic rings. The molecule has 0 amide bonds. The highest BCUT2D eigenvalue weighted by molar-refractivity contribution is 6.35. The van der Waals surface area contributed by atoms with Crippen LogP contribution in [-0.2, 0) is 0 Å². The van der Waals surface area contributed by atoms with Crippen molar-refractivity contribution in [1.29, 1.82) is 0 Å². The van der Waals surface area contributed by atoms with Gasteiger partial charge in [-0.05, 0) is 6.07 Å². The summed E-state index contributed by atoms with van der Waals surface area (Å²) in [6.07, 6.45) is -3.53. The third-order valence-electron chi connectivity index (χ3n) is 2.95. The van der Waals surface area contributed by atoms with Gasteiger partial charge < -0.3 is 0 Å². The molecule has 0 aliphatic heterocycles. The first kappa shape index (κ1) is 15.7. The van der Waals surface area contributed by atoms with Crippen LogP contribution in [0, 0.1) is 0 Å². The average Bonchev–Trinajstić information content (AvgIpc) is 2.52. The zero-order chi connectivity index (χ0) is 16.2. The van der Waals surface area contributed by atoms with E-state index in [0.717, 1.165) is 6.21 Å². The van der Waals surface area contributed by atoms with Gasteiger partial charge >= 0.3 is 6.18 Å². The lowest BCUT2D eigenvalue weighted by Crippen LogP contribution is -2.09. The third-order valence-corrected chi connectivity index (χ3v) is 2.95. The van der Waals surface area contributed by atoms with Crippen molar-refractivity contribution in [3.8, 4) is 0 Å². The quantitative estimate of drug-likeness (QED) is 0.586. The number of ketones is 1. The Balaban J connectivity index is 2.29. The molecule has 0 radical (unpaired) electrons. The van der Waals surface area contributed by atoms with Gasteiger partial charge in [-0.3, -0.25) is 9.79 Å². The van der Waals surface area contributed by atoms with Crippen molar-refractivity contribution >= 4 is 23.3 Å². The number of nitrogens with zero attached hydrogens (tertiary/aromatic N) is 1. The summed E-state index contributed by atoms with van der Waals surface area (Å²) in [5, 5.41) is 0. The molecule has 2 rings (SSSR count). The number of carbonyl (C=O) groups is 1. The lowest BCUT2D eigenvalue weighted by Gasteiger charge is -2.12. The zero-order valence-electron chi connectivity index (χ0n) is 11.5. The molecule has 0 spiro atoms. The van der Waals surface area contributed by atoms with Crippen LogP contribution in [0.3, 0.4) is 0 Å². The van der Waals surface area contributed by atoms with Crippen molar-refractivity contribution in [3.63, 3.8) is 0 Å². The van der Waals surface area contributed by atoms with Gasteiger partial charge in [0.25, 0.3) is 0 Å². The van der Waals surface area contributed by atoms with Crippen LogP contribution < -0.4 is 0 Å². The molecule has 22 heavy (non-hydrogen) atoms. The highest BCUT2D eigenvalue weighted by Gasteiger charge is 2.33. The summed E-state index contributed by atoms with van der Waals surface area (Å²) >= 11 is 0. The van der Waals surface area contributed by atoms with Crippen LogP contribution >= 0.6 is 0 Å². The molecule has 0 aromatic heterocycles. The van der Waals surface area contributed by atoms with Gasteiger partial charge in [0.1, 0.15) is 0 Å². The predicted octanol–water partition coefficient (Wildman–Crippen LogP) is 4.85. The number of para-hydroxylation sites is 1. The number of rotatable bonds is 4. The van der Waals surface area contributed by atoms with Gasteiger partial charge in [-0.25, -0.2) is 0 Å². The highest BCUT2D eigenvalue weighted by atomic mass is 19.4. The largest absolute Gasteiger partial charge is 0.416 e. The molecular weight excluding hydrogens is 291 g/mol. The monoisotopic (exact) mass is 303 g/mol. The van der Waals surface area contributed by atoms with Gasteiger partial charge in [0.15, 0.2) is 0 Å². The Bertz CT molecular complexity index is 718. The number of aliphatic imine (C=N–C) groups is 1. The van der Waals surface area contributed by atoms with Crippen molar-refractivity contribution in [2.75, 3.05) is 0 Å². The number of hydrogen-bond acceptors (Lipinski definition) is 2. The van der Waals surface area contributed by atoms with Crippen LogP contribution in [0.2, 0.25) is 0 Å². The van der Waals surface area contributed by atoms with E-state index in [9.17, 15) is 18.0 Å². The second-order valence-corrected chi connectivity index (χ2v) is 4.48. The summed E-state index contributed by atoms with van der Waals surface area (Å²) in [4.78, 5) is 15.8. The molecule has 0 heterocycles. The van der Waals surface area contributed by atoms with Crippen molar-refractivity contribution in [2.24, 2.45) is 4.99 Å². The van der Waals surface area contributed by atoms with Gasteiger partial charge in [-0.15, -0.1) is 0 Å². The van der Waals surface area contributed by atoms with E-state index in [1.165, 1.54) is 18.2 Å². The Morgan fingerprint density at radius 1 is 1.00 bits per heavy atom. The molecule has 2 nitrogen and oxygen atoms in total. The van der Waals surface area contributed by atoms with Crippen LogP contribution in [0.5, 0.6) is 0 Å². The topological polar surface area (TPSA) is 29.4 Å². The maximum atomic E-state index is 12.8. The number of hydrogen-bond donors (Lipinski definition) is 0. The third kappa shape index (κ3) is 3.69. The molecule has 2 aromatic carbocycles. The second kappa shape index (κ2) is 6.39. The van der Waals surface area contributed by atoms with Gasteiger partial charge in [-0.1, -0.05) is 55.1 Å². The van der Waals surface area contributed by atoms with Crippen LogP contribution in [0.1, 0.15) is 15.9 Å². The van der Waals surface area contributed by atoms with Crippen LogP contribution in [0.25, 0.3) is 5.57 Å². The number of Topliss-reactive ketones (excluding diaryl/α,β-unsaturated/α-hetero) is 1. The standard InChI is InChI=1S/C17H12F3NO/c1-12(17(18,19)20)14-9-5-6-10-15(14)21-11-16(22)13-7-3-2-4-8-13/h2-11H,1H2. The SMILES string of the molecule is C=C(c1ccccc1N=CC(=O)c1ccccc1)C(F)(F)F. The Kier molecular flexibility index (Phi) is 4.56. The molecular formula is C17H12F3NO. The van der Waals surface area contributed by atoms with Crippen molar-refractivity contribution in [1.82, 2.24) is 0 Å². The van der Waals surface area contributed by atoms with Crippen LogP contribution in [-0.4, -0.2) is 18.2 Å². The first-order valence-electron chi connectivity index (χ1n) is 6.38. The molecule has 0 saturated carbocycles. The van der Waals surface area contributed by atoms with E-state index < -0.39 is 11.7 Å². The van der Waals surface area contributed by atoms with Gasteiger partial charge in [0.2, 0.25) is 5.78 Å². The number of carbonyl (C=O) groups excluding carboxylic acids is 1. The molecule has 0 bridgehead atoms. The number of alkyl halides is 3. The first-order chi connectivity index (χ1) is 10.4. The fourth-order valence-electron chi connectivity index (χ4n) is 1.80. The van der Waals surface area contributed by atoms with Crippen molar-refractivity contribution in [2.45, 2.75) is 6.18 Å². The van der Waals surface area contributed by atoms with E-state index in [2.05, 4.69) is 11.6 Å². The number of allylic oxidation sites excluding steroid dienone is 1. The van der Waals surface area contributed by atoms with Gasteiger partial charge in [0, 0.05) is 11.1 Å².